The van der Waals surface area contributed by atoms with E-state index in [1.807, 2.05) is 36.4 Å². The molecule has 0 radical (unpaired) electrons. The molecule has 4 rings (SSSR count). The molecule has 20 heavy (non-hydrogen) atoms. The van der Waals surface area contributed by atoms with E-state index in [2.05, 4.69) is 6.92 Å². The Morgan fingerprint density at radius 3 is 2.70 bits per heavy atom. The number of hydrogen-bond donors (Lipinski definition) is 0. The molecule has 3 aromatic rings. The summed E-state index contributed by atoms with van der Waals surface area (Å²) >= 11 is 0. The van der Waals surface area contributed by atoms with Gasteiger partial charge in [0.25, 0.3) is 0 Å². The molecule has 1 saturated carbocycles. The minimum atomic E-state index is -0.121. The van der Waals surface area contributed by atoms with Gasteiger partial charge in [-0.05, 0) is 36.6 Å². The van der Waals surface area contributed by atoms with Gasteiger partial charge in [0.2, 0.25) is 0 Å². The Balaban J connectivity index is 1.74. The van der Waals surface area contributed by atoms with Gasteiger partial charge in [-0.2, -0.15) is 0 Å². The van der Waals surface area contributed by atoms with Gasteiger partial charge in [0.05, 0.1) is 5.92 Å². The third kappa shape index (κ3) is 1.78. The molecule has 0 aliphatic heterocycles. The number of carbonyl (C=O) groups excluding carboxylic acids is 1. The molecule has 0 spiro atoms. The first kappa shape index (κ1) is 11.5. The highest BCUT2D eigenvalue weighted by atomic mass is 16.5. The van der Waals surface area contributed by atoms with Crippen LogP contribution in [0.15, 0.2) is 46.9 Å². The van der Waals surface area contributed by atoms with Crippen molar-refractivity contribution in [2.75, 3.05) is 0 Å². The Hall–Kier alpha value is -2.29. The molecule has 3 nitrogen and oxygen atoms in total. The Kier molecular flexibility index (Phi) is 2.36. The third-order valence-corrected chi connectivity index (χ3v) is 3.98. The van der Waals surface area contributed by atoms with E-state index in [9.17, 15) is 4.79 Å². The minimum Gasteiger partial charge on any atom is -0.456 e. The molecule has 2 aromatic carbocycles. The van der Waals surface area contributed by atoms with E-state index >= 15 is 0 Å². The third-order valence-electron chi connectivity index (χ3n) is 3.98. The Morgan fingerprint density at radius 1 is 1.15 bits per heavy atom. The maximum Gasteiger partial charge on any atom is 0.314 e. The zero-order chi connectivity index (χ0) is 13.7. The monoisotopic (exact) mass is 266 g/mol. The summed E-state index contributed by atoms with van der Waals surface area (Å²) in [5.74, 6) is 1.01. The fraction of sp³-hybridized carbons (Fsp3) is 0.235. The molecule has 100 valence electrons. The lowest BCUT2D eigenvalue weighted by molar-refractivity contribution is -0.136. The molecule has 2 unspecified atom stereocenters. The van der Waals surface area contributed by atoms with Crippen LogP contribution in [0.4, 0.5) is 0 Å². The SMILES string of the molecule is CC1CC1C(=O)Oc1ccc2oc3ccccc3c2c1. The van der Waals surface area contributed by atoms with Crippen molar-refractivity contribution in [2.45, 2.75) is 13.3 Å². The molecule has 1 aliphatic rings. The highest BCUT2D eigenvalue weighted by Gasteiger charge is 2.40. The Bertz CT molecular complexity index is 815. The van der Waals surface area contributed by atoms with Crippen molar-refractivity contribution in [1.82, 2.24) is 0 Å². The molecule has 0 bridgehead atoms. The van der Waals surface area contributed by atoms with E-state index in [0.717, 1.165) is 28.4 Å². The number of fused-ring (bicyclic) bond motifs is 3. The second kappa shape index (κ2) is 4.10. The van der Waals surface area contributed by atoms with Gasteiger partial charge in [-0.1, -0.05) is 25.1 Å². The predicted molar refractivity (Wildman–Crippen MR) is 76.6 cm³/mol. The van der Waals surface area contributed by atoms with Crippen molar-refractivity contribution < 1.29 is 13.9 Å². The van der Waals surface area contributed by atoms with Crippen LogP contribution in [-0.4, -0.2) is 5.97 Å². The van der Waals surface area contributed by atoms with E-state index in [1.165, 1.54) is 0 Å². The molecular weight excluding hydrogens is 252 g/mol. The average Bonchev–Trinajstić information content (AvgIpc) is 3.08. The quantitative estimate of drug-likeness (QED) is 0.516. The number of furan rings is 1. The lowest BCUT2D eigenvalue weighted by Crippen LogP contribution is -2.10. The predicted octanol–water partition coefficient (Wildman–Crippen LogP) is 4.15. The van der Waals surface area contributed by atoms with Crippen LogP contribution < -0.4 is 4.74 Å². The lowest BCUT2D eigenvalue weighted by Gasteiger charge is -2.03. The minimum absolute atomic E-state index is 0.0757. The van der Waals surface area contributed by atoms with E-state index in [4.69, 9.17) is 9.15 Å². The number of rotatable bonds is 2. The number of ether oxygens (including phenoxy) is 1. The van der Waals surface area contributed by atoms with Crippen LogP contribution >= 0.6 is 0 Å². The van der Waals surface area contributed by atoms with Crippen LogP contribution in [-0.2, 0) is 4.79 Å². The maximum absolute atomic E-state index is 11.9. The molecule has 1 aromatic heterocycles. The van der Waals surface area contributed by atoms with Crippen LogP contribution in [0.1, 0.15) is 13.3 Å². The molecule has 1 heterocycles. The standard InChI is InChI=1S/C17H14O3/c1-10-8-13(10)17(18)19-11-6-7-16-14(9-11)12-4-2-3-5-15(12)20-16/h2-7,9-10,13H,8H2,1H3. The average molecular weight is 266 g/mol. The zero-order valence-corrected chi connectivity index (χ0v) is 11.1. The van der Waals surface area contributed by atoms with Crippen LogP contribution in [0.5, 0.6) is 5.75 Å². The highest BCUT2D eigenvalue weighted by molar-refractivity contribution is 6.05. The second-order valence-electron chi connectivity index (χ2n) is 5.50. The number of benzene rings is 2. The normalized spacial score (nSPS) is 21.2. The molecule has 2 atom stereocenters. The number of hydrogen-bond acceptors (Lipinski definition) is 3. The highest BCUT2D eigenvalue weighted by Crippen LogP contribution is 2.39. The van der Waals surface area contributed by atoms with Gasteiger partial charge in [-0.25, -0.2) is 0 Å². The van der Waals surface area contributed by atoms with Crippen LogP contribution in [0.3, 0.4) is 0 Å². The number of esters is 1. The van der Waals surface area contributed by atoms with Crippen molar-refractivity contribution in [1.29, 1.82) is 0 Å². The van der Waals surface area contributed by atoms with Crippen molar-refractivity contribution in [2.24, 2.45) is 11.8 Å². The molecular formula is C17H14O3. The molecule has 0 saturated heterocycles. The zero-order valence-electron chi connectivity index (χ0n) is 11.1. The molecule has 3 heteroatoms. The van der Waals surface area contributed by atoms with Crippen molar-refractivity contribution in [3.8, 4) is 5.75 Å². The number of carbonyl (C=O) groups is 1. The topological polar surface area (TPSA) is 39.4 Å². The Morgan fingerprint density at radius 2 is 1.90 bits per heavy atom. The van der Waals surface area contributed by atoms with Gasteiger partial charge >= 0.3 is 5.97 Å². The van der Waals surface area contributed by atoms with Crippen LogP contribution in [0.25, 0.3) is 21.9 Å². The van der Waals surface area contributed by atoms with E-state index < -0.39 is 0 Å². The van der Waals surface area contributed by atoms with Crippen LogP contribution in [0.2, 0.25) is 0 Å². The molecule has 0 N–H and O–H groups in total. The first-order valence-corrected chi connectivity index (χ1v) is 6.85. The summed E-state index contributed by atoms with van der Waals surface area (Å²) in [5, 5.41) is 2.02. The smallest absolute Gasteiger partial charge is 0.314 e. The summed E-state index contributed by atoms with van der Waals surface area (Å²) in [6.45, 7) is 2.07. The second-order valence-corrected chi connectivity index (χ2v) is 5.50. The van der Waals surface area contributed by atoms with Crippen molar-refractivity contribution in [3.05, 3.63) is 42.5 Å². The number of para-hydroxylation sites is 1. The first-order chi connectivity index (χ1) is 9.72. The van der Waals surface area contributed by atoms with Gasteiger partial charge in [-0.15, -0.1) is 0 Å². The van der Waals surface area contributed by atoms with E-state index in [1.54, 1.807) is 6.07 Å². The fourth-order valence-corrected chi connectivity index (χ4v) is 2.61. The van der Waals surface area contributed by atoms with Crippen molar-refractivity contribution in [3.63, 3.8) is 0 Å². The summed E-state index contributed by atoms with van der Waals surface area (Å²) in [6.07, 6.45) is 0.940. The van der Waals surface area contributed by atoms with Crippen LogP contribution in [0, 0.1) is 11.8 Å². The van der Waals surface area contributed by atoms with E-state index in [0.29, 0.717) is 11.7 Å². The van der Waals surface area contributed by atoms with Gasteiger partial charge in [-0.3, -0.25) is 4.79 Å². The van der Waals surface area contributed by atoms with Gasteiger partial charge in [0.1, 0.15) is 16.9 Å². The van der Waals surface area contributed by atoms with Gasteiger partial charge in [0, 0.05) is 10.8 Å². The lowest BCUT2D eigenvalue weighted by atomic mass is 10.1. The van der Waals surface area contributed by atoms with Gasteiger partial charge in [0.15, 0.2) is 0 Å². The van der Waals surface area contributed by atoms with E-state index in [-0.39, 0.29) is 11.9 Å². The summed E-state index contributed by atoms with van der Waals surface area (Å²) in [6, 6.07) is 13.4. The summed E-state index contributed by atoms with van der Waals surface area (Å²) < 4.78 is 11.2. The molecule has 1 aliphatic carbocycles. The Labute approximate surface area is 116 Å². The first-order valence-electron chi connectivity index (χ1n) is 6.85. The fourth-order valence-electron chi connectivity index (χ4n) is 2.61. The summed E-state index contributed by atoms with van der Waals surface area (Å²) in [5.41, 5.74) is 1.66. The largest absolute Gasteiger partial charge is 0.456 e. The summed E-state index contributed by atoms with van der Waals surface area (Å²) in [4.78, 5) is 11.9. The van der Waals surface area contributed by atoms with Crippen molar-refractivity contribution >= 4 is 27.9 Å². The van der Waals surface area contributed by atoms with Gasteiger partial charge < -0.3 is 9.15 Å². The molecule has 1 fully saturated rings. The molecule has 0 amide bonds. The maximum atomic E-state index is 11.9. The summed E-state index contributed by atoms with van der Waals surface area (Å²) in [7, 11) is 0.